The van der Waals surface area contributed by atoms with Gasteiger partial charge in [-0.05, 0) is 31.0 Å². The van der Waals surface area contributed by atoms with E-state index in [2.05, 4.69) is 0 Å². The first-order valence-corrected chi connectivity index (χ1v) is 8.37. The predicted octanol–water partition coefficient (Wildman–Crippen LogP) is 3.57. The van der Waals surface area contributed by atoms with Crippen LogP contribution in [0.3, 0.4) is 0 Å². The maximum absolute atomic E-state index is 12.9. The summed E-state index contributed by atoms with van der Waals surface area (Å²) in [6.07, 6.45) is 1.22. The van der Waals surface area contributed by atoms with Gasteiger partial charge in [-0.15, -0.1) is 12.4 Å². The molecule has 0 saturated heterocycles. The van der Waals surface area contributed by atoms with E-state index in [0.717, 1.165) is 5.56 Å². The zero-order valence-corrected chi connectivity index (χ0v) is 15.6. The summed E-state index contributed by atoms with van der Waals surface area (Å²) in [6.45, 7) is 3.29. The molecule has 0 aliphatic rings. The van der Waals surface area contributed by atoms with Crippen molar-refractivity contribution in [1.82, 2.24) is 4.90 Å². The van der Waals surface area contributed by atoms with Crippen molar-refractivity contribution in [3.05, 3.63) is 75.3 Å². The van der Waals surface area contributed by atoms with Gasteiger partial charge in [-0.2, -0.15) is 0 Å². The Bertz CT molecular complexity index is 738. The highest BCUT2D eigenvalue weighted by Gasteiger charge is 2.20. The number of carbonyl (C=O) groups is 1. The number of halogens is 1. The molecule has 0 aromatic heterocycles. The first-order valence-electron chi connectivity index (χ1n) is 8.37. The highest BCUT2D eigenvalue weighted by Crippen LogP contribution is 2.22. The van der Waals surface area contributed by atoms with Crippen molar-refractivity contribution in [2.24, 2.45) is 5.73 Å². The van der Waals surface area contributed by atoms with Gasteiger partial charge in [0, 0.05) is 30.3 Å². The second-order valence-electron chi connectivity index (χ2n) is 5.81. The van der Waals surface area contributed by atoms with E-state index >= 15 is 0 Å². The van der Waals surface area contributed by atoms with Crippen LogP contribution < -0.4 is 5.73 Å². The van der Waals surface area contributed by atoms with E-state index in [9.17, 15) is 14.9 Å². The van der Waals surface area contributed by atoms with Gasteiger partial charge in [-0.25, -0.2) is 0 Å². The van der Waals surface area contributed by atoms with Crippen LogP contribution in [0.5, 0.6) is 0 Å². The maximum Gasteiger partial charge on any atom is 0.273 e. The summed E-state index contributed by atoms with van der Waals surface area (Å²) < 4.78 is 0. The lowest BCUT2D eigenvalue weighted by atomic mass is 10.1. The Balaban J connectivity index is 0.00000338. The summed E-state index contributed by atoms with van der Waals surface area (Å²) in [7, 11) is 0. The molecule has 0 radical (unpaired) electrons. The van der Waals surface area contributed by atoms with Crippen LogP contribution in [0.2, 0.25) is 0 Å². The molecule has 0 atom stereocenters. The summed E-state index contributed by atoms with van der Waals surface area (Å²) in [6, 6.07) is 14.4. The standard InChI is InChI=1S/C19H23N3O3.ClH/c1-2-16-9-10-17(13-18(16)22(24)25)19(23)21(12-6-11-20)14-15-7-4-3-5-8-15;/h3-5,7-10,13H,2,6,11-12,14,20H2,1H3;1H. The molecule has 0 fully saturated rings. The van der Waals surface area contributed by atoms with Crippen molar-refractivity contribution in [1.29, 1.82) is 0 Å². The molecule has 0 heterocycles. The zero-order chi connectivity index (χ0) is 18.2. The van der Waals surface area contributed by atoms with E-state index < -0.39 is 4.92 Å². The van der Waals surface area contributed by atoms with Crippen molar-refractivity contribution in [2.45, 2.75) is 26.3 Å². The van der Waals surface area contributed by atoms with Crippen molar-refractivity contribution < 1.29 is 9.72 Å². The minimum atomic E-state index is -0.434. The largest absolute Gasteiger partial charge is 0.334 e. The molecular weight excluding hydrogens is 354 g/mol. The number of hydrogen-bond acceptors (Lipinski definition) is 4. The van der Waals surface area contributed by atoms with Gasteiger partial charge in [0.2, 0.25) is 0 Å². The molecule has 2 N–H and O–H groups in total. The molecule has 0 unspecified atom stereocenters. The number of benzene rings is 2. The van der Waals surface area contributed by atoms with Crippen LogP contribution in [-0.2, 0) is 13.0 Å². The number of carbonyl (C=O) groups excluding carboxylic acids is 1. The summed E-state index contributed by atoms with van der Waals surface area (Å²) in [5.41, 5.74) is 7.54. The van der Waals surface area contributed by atoms with Crippen LogP contribution in [0.25, 0.3) is 0 Å². The molecule has 0 bridgehead atoms. The Kier molecular flexibility index (Phi) is 8.75. The number of hydrogen-bond donors (Lipinski definition) is 1. The van der Waals surface area contributed by atoms with E-state index in [4.69, 9.17) is 5.73 Å². The van der Waals surface area contributed by atoms with Gasteiger partial charge >= 0.3 is 0 Å². The number of nitro benzene ring substituents is 1. The van der Waals surface area contributed by atoms with E-state index in [1.165, 1.54) is 6.07 Å². The molecular formula is C19H24ClN3O3. The fraction of sp³-hybridized carbons (Fsp3) is 0.316. The number of amides is 1. The topological polar surface area (TPSA) is 89.5 Å². The zero-order valence-electron chi connectivity index (χ0n) is 14.8. The lowest BCUT2D eigenvalue weighted by molar-refractivity contribution is -0.385. The second-order valence-corrected chi connectivity index (χ2v) is 5.81. The molecule has 0 spiro atoms. The smallest absolute Gasteiger partial charge is 0.273 e. The quantitative estimate of drug-likeness (QED) is 0.562. The van der Waals surface area contributed by atoms with Gasteiger partial charge < -0.3 is 10.6 Å². The van der Waals surface area contributed by atoms with Gasteiger partial charge in [-0.1, -0.05) is 43.3 Å². The Morgan fingerprint density at radius 3 is 2.46 bits per heavy atom. The maximum atomic E-state index is 12.9. The van der Waals surface area contributed by atoms with Gasteiger partial charge in [0.25, 0.3) is 11.6 Å². The van der Waals surface area contributed by atoms with Crippen molar-refractivity contribution in [3.8, 4) is 0 Å². The van der Waals surface area contributed by atoms with Crippen molar-refractivity contribution >= 4 is 24.0 Å². The first-order chi connectivity index (χ1) is 12.1. The van der Waals surface area contributed by atoms with Gasteiger partial charge in [0.1, 0.15) is 0 Å². The Morgan fingerprint density at radius 1 is 1.19 bits per heavy atom. The van der Waals surface area contributed by atoms with Crippen molar-refractivity contribution in [3.63, 3.8) is 0 Å². The van der Waals surface area contributed by atoms with E-state index in [1.54, 1.807) is 17.0 Å². The summed E-state index contributed by atoms with van der Waals surface area (Å²) in [4.78, 5) is 25.4. The summed E-state index contributed by atoms with van der Waals surface area (Å²) >= 11 is 0. The molecule has 140 valence electrons. The number of nitrogens with two attached hydrogens (primary N) is 1. The lowest BCUT2D eigenvalue weighted by Gasteiger charge is -2.23. The number of nitro groups is 1. The van der Waals surface area contributed by atoms with Crippen LogP contribution >= 0.6 is 12.4 Å². The summed E-state index contributed by atoms with van der Waals surface area (Å²) in [5, 5.41) is 11.3. The average Bonchev–Trinajstić information content (AvgIpc) is 2.64. The van der Waals surface area contributed by atoms with Crippen LogP contribution in [0.4, 0.5) is 5.69 Å². The molecule has 2 aromatic rings. The SMILES string of the molecule is CCc1ccc(C(=O)N(CCCN)Cc2ccccc2)cc1[N+](=O)[O-].Cl. The average molecular weight is 378 g/mol. The molecule has 7 heteroatoms. The van der Waals surface area contributed by atoms with E-state index in [-0.39, 0.29) is 24.0 Å². The third-order valence-electron chi connectivity index (χ3n) is 4.05. The number of nitrogens with zero attached hydrogens (tertiary/aromatic N) is 2. The van der Waals surface area contributed by atoms with E-state index in [1.807, 2.05) is 37.3 Å². The summed E-state index contributed by atoms with van der Waals surface area (Å²) in [5.74, 6) is -0.219. The van der Waals surface area contributed by atoms with E-state index in [0.29, 0.717) is 43.6 Å². The molecule has 2 aromatic carbocycles. The number of rotatable bonds is 8. The molecule has 0 aliphatic carbocycles. The third kappa shape index (κ3) is 5.54. The van der Waals surface area contributed by atoms with Gasteiger partial charge in [0.05, 0.1) is 4.92 Å². The molecule has 0 aliphatic heterocycles. The van der Waals surface area contributed by atoms with Crippen LogP contribution in [-0.4, -0.2) is 28.8 Å². The van der Waals surface area contributed by atoms with Gasteiger partial charge in [-0.3, -0.25) is 14.9 Å². The minimum absolute atomic E-state index is 0. The monoisotopic (exact) mass is 377 g/mol. The highest BCUT2D eigenvalue weighted by atomic mass is 35.5. The van der Waals surface area contributed by atoms with Gasteiger partial charge in [0.15, 0.2) is 0 Å². The van der Waals surface area contributed by atoms with Crippen LogP contribution in [0.1, 0.15) is 34.8 Å². The normalized spacial score (nSPS) is 10.1. The fourth-order valence-electron chi connectivity index (χ4n) is 2.69. The van der Waals surface area contributed by atoms with Crippen molar-refractivity contribution in [2.75, 3.05) is 13.1 Å². The minimum Gasteiger partial charge on any atom is -0.334 e. The highest BCUT2D eigenvalue weighted by molar-refractivity contribution is 5.95. The Morgan fingerprint density at radius 2 is 1.88 bits per heavy atom. The predicted molar refractivity (Wildman–Crippen MR) is 105 cm³/mol. The molecule has 1 amide bonds. The second kappa shape index (κ2) is 10.5. The third-order valence-corrected chi connectivity index (χ3v) is 4.05. The molecule has 2 rings (SSSR count). The van der Waals surface area contributed by atoms with Crippen LogP contribution in [0, 0.1) is 10.1 Å². The molecule has 0 saturated carbocycles. The molecule has 6 nitrogen and oxygen atoms in total. The fourth-order valence-corrected chi connectivity index (χ4v) is 2.69. The number of aryl methyl sites for hydroxylation is 1. The van der Waals surface area contributed by atoms with Crippen LogP contribution in [0.15, 0.2) is 48.5 Å². The first kappa shape index (κ1) is 21.6. The lowest BCUT2D eigenvalue weighted by Crippen LogP contribution is -2.32. The Labute approximate surface area is 159 Å². The Hall–Kier alpha value is -2.44. The molecule has 26 heavy (non-hydrogen) atoms.